The number of aromatic nitrogens is 1. The molecule has 3 aromatic carbocycles. The van der Waals surface area contributed by atoms with Gasteiger partial charge in [-0.1, -0.05) is 35.9 Å². The van der Waals surface area contributed by atoms with Crippen molar-refractivity contribution in [3.05, 3.63) is 73.8 Å². The molecule has 4 aromatic rings. The van der Waals surface area contributed by atoms with E-state index >= 15 is 4.39 Å². The SMILES string of the molecule is N#CCCc1cc2c(=O)[nH]c(Cl)c(Br)c2c(F)c1-c1cc(OO)cc2ccccc12. The number of halogens is 3. The molecule has 8 heteroatoms. The monoisotopic (exact) mass is 486 g/mol. The molecule has 0 spiro atoms. The Hall–Kier alpha value is -2.92. The summed E-state index contributed by atoms with van der Waals surface area (Å²) in [5.74, 6) is -0.516. The minimum atomic E-state index is -0.652. The van der Waals surface area contributed by atoms with Crippen LogP contribution >= 0.6 is 27.5 Å². The molecule has 0 amide bonds. The Morgan fingerprint density at radius 1 is 1.23 bits per heavy atom. The average molecular weight is 488 g/mol. The van der Waals surface area contributed by atoms with E-state index in [1.807, 2.05) is 24.3 Å². The van der Waals surface area contributed by atoms with Gasteiger partial charge >= 0.3 is 0 Å². The highest BCUT2D eigenvalue weighted by Crippen LogP contribution is 2.41. The highest BCUT2D eigenvalue weighted by molar-refractivity contribution is 9.10. The number of rotatable bonds is 4. The molecular formula is C22H13BrClFN2O3. The van der Waals surface area contributed by atoms with Crippen LogP contribution < -0.4 is 10.4 Å². The lowest BCUT2D eigenvalue weighted by molar-refractivity contribution is -0.137. The standard InChI is InChI=1S/C22H13BrClFN2O3/c23-19-18-16(22(28)27-21(19)24)9-12(5-3-7-26)17(20(18)25)15-10-13(30-29)8-11-4-1-2-6-14(11)15/h1-2,4,6,8-10,29H,3,5H2,(H,27,28). The van der Waals surface area contributed by atoms with Crippen molar-refractivity contribution >= 4 is 49.1 Å². The Kier molecular flexibility index (Phi) is 5.48. The largest absolute Gasteiger partial charge is 0.340 e. The molecule has 0 atom stereocenters. The maximum atomic E-state index is 16.0. The molecule has 0 radical (unpaired) electrons. The second-order valence-corrected chi connectivity index (χ2v) is 7.84. The van der Waals surface area contributed by atoms with Gasteiger partial charge in [0, 0.05) is 17.4 Å². The second-order valence-electron chi connectivity index (χ2n) is 6.67. The van der Waals surface area contributed by atoms with E-state index in [1.54, 1.807) is 12.1 Å². The van der Waals surface area contributed by atoms with Crippen LogP contribution in [-0.4, -0.2) is 10.2 Å². The number of aromatic amines is 1. The van der Waals surface area contributed by atoms with Gasteiger partial charge in [0.15, 0.2) is 5.75 Å². The summed E-state index contributed by atoms with van der Waals surface area (Å²) in [6.07, 6.45) is 0.371. The van der Waals surface area contributed by atoms with E-state index in [4.69, 9.17) is 16.9 Å². The Morgan fingerprint density at radius 2 is 2.00 bits per heavy atom. The fourth-order valence-electron chi connectivity index (χ4n) is 3.65. The molecule has 0 bridgehead atoms. The predicted molar refractivity (Wildman–Crippen MR) is 117 cm³/mol. The van der Waals surface area contributed by atoms with Gasteiger partial charge in [0.25, 0.3) is 5.56 Å². The van der Waals surface area contributed by atoms with Crippen molar-refractivity contribution < 1.29 is 14.5 Å². The van der Waals surface area contributed by atoms with E-state index in [0.29, 0.717) is 11.1 Å². The summed E-state index contributed by atoms with van der Waals surface area (Å²) >= 11 is 9.33. The molecule has 30 heavy (non-hydrogen) atoms. The third-order valence-electron chi connectivity index (χ3n) is 4.94. The number of aryl methyl sites for hydroxylation is 1. The van der Waals surface area contributed by atoms with Gasteiger partial charge in [-0.3, -0.25) is 4.79 Å². The van der Waals surface area contributed by atoms with Gasteiger partial charge in [0.05, 0.1) is 15.9 Å². The van der Waals surface area contributed by atoms with Crippen LogP contribution in [0.3, 0.4) is 0 Å². The van der Waals surface area contributed by atoms with Crippen LogP contribution in [0, 0.1) is 17.1 Å². The van der Waals surface area contributed by atoms with E-state index in [-0.39, 0.29) is 44.6 Å². The maximum Gasteiger partial charge on any atom is 0.257 e. The Balaban J connectivity index is 2.19. The Labute approximate surface area is 183 Å². The lowest BCUT2D eigenvalue weighted by Crippen LogP contribution is -2.10. The van der Waals surface area contributed by atoms with Crippen LogP contribution in [0.4, 0.5) is 4.39 Å². The number of nitrogens with one attached hydrogen (secondary N) is 1. The molecule has 1 aromatic heterocycles. The number of hydrogen-bond acceptors (Lipinski definition) is 4. The smallest absolute Gasteiger partial charge is 0.257 e. The predicted octanol–water partition coefficient (Wildman–Crippen LogP) is 6.21. The third kappa shape index (κ3) is 3.33. The van der Waals surface area contributed by atoms with Crippen LogP contribution in [-0.2, 0) is 6.42 Å². The topological polar surface area (TPSA) is 86.1 Å². The molecule has 1 heterocycles. The molecule has 150 valence electrons. The number of nitriles is 1. The van der Waals surface area contributed by atoms with Crippen molar-refractivity contribution in [2.75, 3.05) is 0 Å². The van der Waals surface area contributed by atoms with Gasteiger partial charge in [0.2, 0.25) is 0 Å². The zero-order valence-corrected chi connectivity index (χ0v) is 17.6. The number of hydrogen-bond donors (Lipinski definition) is 2. The summed E-state index contributed by atoms with van der Waals surface area (Å²) in [4.78, 5) is 19.4. The highest BCUT2D eigenvalue weighted by Gasteiger charge is 2.22. The number of fused-ring (bicyclic) bond motifs is 2. The highest BCUT2D eigenvalue weighted by atomic mass is 79.9. The molecule has 0 aliphatic carbocycles. The molecule has 0 unspecified atom stereocenters. The zero-order valence-electron chi connectivity index (χ0n) is 15.3. The van der Waals surface area contributed by atoms with Crippen molar-refractivity contribution in [2.45, 2.75) is 12.8 Å². The molecule has 2 N–H and O–H groups in total. The Morgan fingerprint density at radius 3 is 2.73 bits per heavy atom. The van der Waals surface area contributed by atoms with Crippen molar-refractivity contribution in [3.63, 3.8) is 0 Å². The Bertz CT molecular complexity index is 1410. The van der Waals surface area contributed by atoms with E-state index in [1.165, 1.54) is 6.07 Å². The third-order valence-corrected chi connectivity index (χ3v) is 6.25. The van der Waals surface area contributed by atoms with Gasteiger partial charge in [-0.15, -0.1) is 0 Å². The van der Waals surface area contributed by atoms with Crippen LogP contribution in [0.2, 0.25) is 5.15 Å². The van der Waals surface area contributed by atoms with E-state index in [2.05, 4.69) is 31.9 Å². The summed E-state index contributed by atoms with van der Waals surface area (Å²) in [6.45, 7) is 0. The van der Waals surface area contributed by atoms with E-state index < -0.39 is 11.4 Å². The second kappa shape index (κ2) is 8.07. The quantitative estimate of drug-likeness (QED) is 0.203. The summed E-state index contributed by atoms with van der Waals surface area (Å²) in [5.41, 5.74) is 0.642. The molecule has 0 aliphatic rings. The van der Waals surface area contributed by atoms with E-state index in [9.17, 15) is 10.1 Å². The fourth-order valence-corrected chi connectivity index (χ4v) is 4.32. The van der Waals surface area contributed by atoms with Crippen molar-refractivity contribution in [1.82, 2.24) is 4.98 Å². The maximum absolute atomic E-state index is 16.0. The first-order valence-corrected chi connectivity index (χ1v) is 10.1. The van der Waals surface area contributed by atoms with Crippen LogP contribution in [0.15, 0.2) is 51.7 Å². The number of H-pyrrole nitrogens is 1. The molecule has 4 rings (SSSR count). The molecule has 0 saturated heterocycles. The van der Waals surface area contributed by atoms with Crippen molar-refractivity contribution in [3.8, 4) is 22.9 Å². The van der Waals surface area contributed by atoms with Crippen molar-refractivity contribution in [1.29, 1.82) is 5.26 Å². The van der Waals surface area contributed by atoms with Gasteiger partial charge in [-0.05, 0) is 62.4 Å². The summed E-state index contributed by atoms with van der Waals surface area (Å²) in [7, 11) is 0. The first-order valence-electron chi connectivity index (χ1n) is 8.90. The molecule has 0 saturated carbocycles. The van der Waals surface area contributed by atoms with Gasteiger partial charge < -0.3 is 9.87 Å². The fraction of sp³-hybridized carbons (Fsp3) is 0.0909. The summed E-state index contributed by atoms with van der Waals surface area (Å²) < 4.78 is 16.2. The molecule has 0 aliphatic heterocycles. The normalized spacial score (nSPS) is 11.0. The zero-order chi connectivity index (χ0) is 21.4. The number of benzene rings is 3. The first kappa shape index (κ1) is 20.4. The average Bonchev–Trinajstić information content (AvgIpc) is 2.75. The van der Waals surface area contributed by atoms with E-state index in [0.717, 1.165) is 10.8 Å². The molecular weight excluding hydrogens is 475 g/mol. The lowest BCUT2D eigenvalue weighted by atomic mass is 9.90. The summed E-state index contributed by atoms with van der Waals surface area (Å²) in [5, 5.41) is 19.9. The van der Waals surface area contributed by atoms with Crippen molar-refractivity contribution in [2.24, 2.45) is 0 Å². The van der Waals surface area contributed by atoms with Crippen LogP contribution in [0.5, 0.6) is 5.75 Å². The first-order chi connectivity index (χ1) is 14.5. The van der Waals surface area contributed by atoms with Gasteiger partial charge in [-0.2, -0.15) is 5.26 Å². The number of pyridine rings is 1. The number of nitrogens with zero attached hydrogens (tertiary/aromatic N) is 1. The molecule has 5 nitrogen and oxygen atoms in total. The van der Waals surface area contributed by atoms with Gasteiger partial charge in [-0.25, -0.2) is 9.65 Å². The minimum absolute atomic E-state index is 0.0144. The minimum Gasteiger partial charge on any atom is -0.340 e. The molecule has 0 fully saturated rings. The van der Waals surface area contributed by atoms with Crippen LogP contribution in [0.1, 0.15) is 12.0 Å². The lowest BCUT2D eigenvalue weighted by Gasteiger charge is -2.16. The summed E-state index contributed by atoms with van der Waals surface area (Å²) in [6, 6.07) is 14.0. The van der Waals surface area contributed by atoms with Gasteiger partial charge in [0.1, 0.15) is 11.0 Å². The van der Waals surface area contributed by atoms with Crippen LogP contribution in [0.25, 0.3) is 32.7 Å².